The van der Waals surface area contributed by atoms with Gasteiger partial charge in [-0.15, -0.1) is 0 Å². The van der Waals surface area contributed by atoms with Crippen LogP contribution in [0.25, 0.3) is 11.6 Å². The van der Waals surface area contributed by atoms with Crippen molar-refractivity contribution in [2.75, 3.05) is 5.73 Å². The van der Waals surface area contributed by atoms with E-state index in [2.05, 4.69) is 35.9 Å². The summed E-state index contributed by atoms with van der Waals surface area (Å²) in [6, 6.07) is 5.33. The summed E-state index contributed by atoms with van der Waals surface area (Å²) < 4.78 is 5.17. The van der Waals surface area contributed by atoms with Gasteiger partial charge in [-0.25, -0.2) is 4.98 Å². The first kappa shape index (κ1) is 11.6. The highest BCUT2D eigenvalue weighted by Gasteiger charge is 2.17. The molecule has 0 aliphatic heterocycles. The van der Waals surface area contributed by atoms with Crippen molar-refractivity contribution in [2.45, 2.75) is 27.2 Å². The largest absolute Gasteiger partial charge is 0.384 e. The van der Waals surface area contributed by atoms with Crippen LogP contribution in [-0.2, 0) is 6.42 Å². The van der Waals surface area contributed by atoms with E-state index in [0.717, 1.165) is 6.42 Å². The highest BCUT2D eigenvalue weighted by Crippen LogP contribution is 2.21. The summed E-state index contributed by atoms with van der Waals surface area (Å²) in [5, 5.41) is 3.94. The zero-order chi connectivity index (χ0) is 12.5. The van der Waals surface area contributed by atoms with Gasteiger partial charge < -0.3 is 10.3 Å². The molecular formula is C12H16N4O. The van der Waals surface area contributed by atoms with Gasteiger partial charge in [0, 0.05) is 6.42 Å². The molecule has 0 radical (unpaired) electrons. The van der Waals surface area contributed by atoms with Gasteiger partial charge in [-0.1, -0.05) is 32.0 Å². The standard InChI is InChI=1S/C12H16N4O/c1-12(2,3)7-10-15-11(17-16-10)8-5-4-6-9(13)14-8/h4-6H,7H2,1-3H3,(H2,13,14). The van der Waals surface area contributed by atoms with E-state index < -0.39 is 0 Å². The minimum atomic E-state index is 0.129. The lowest BCUT2D eigenvalue weighted by Gasteiger charge is -2.14. The fourth-order valence-corrected chi connectivity index (χ4v) is 1.47. The Morgan fingerprint density at radius 3 is 2.65 bits per heavy atom. The maximum atomic E-state index is 5.60. The number of nitrogens with zero attached hydrogens (tertiary/aromatic N) is 3. The molecule has 0 aromatic carbocycles. The van der Waals surface area contributed by atoms with Crippen LogP contribution in [0, 0.1) is 5.41 Å². The van der Waals surface area contributed by atoms with E-state index in [1.54, 1.807) is 12.1 Å². The summed E-state index contributed by atoms with van der Waals surface area (Å²) in [6.45, 7) is 6.38. The Morgan fingerprint density at radius 1 is 1.24 bits per heavy atom. The van der Waals surface area contributed by atoms with Gasteiger partial charge in [-0.05, 0) is 17.5 Å². The van der Waals surface area contributed by atoms with Gasteiger partial charge in [0.15, 0.2) is 5.82 Å². The van der Waals surface area contributed by atoms with Gasteiger partial charge in [0.25, 0.3) is 5.89 Å². The first-order valence-corrected chi connectivity index (χ1v) is 5.49. The first-order valence-electron chi connectivity index (χ1n) is 5.49. The van der Waals surface area contributed by atoms with Gasteiger partial charge in [-0.2, -0.15) is 4.98 Å². The number of pyridine rings is 1. The van der Waals surface area contributed by atoms with Gasteiger partial charge in [-0.3, -0.25) is 0 Å². The maximum absolute atomic E-state index is 5.60. The van der Waals surface area contributed by atoms with E-state index in [-0.39, 0.29) is 5.41 Å². The van der Waals surface area contributed by atoms with Crippen LogP contribution < -0.4 is 5.73 Å². The average molecular weight is 232 g/mol. The average Bonchev–Trinajstić information content (AvgIpc) is 2.63. The molecule has 0 saturated carbocycles. The molecule has 0 aliphatic rings. The molecule has 17 heavy (non-hydrogen) atoms. The third-order valence-corrected chi connectivity index (χ3v) is 2.15. The zero-order valence-corrected chi connectivity index (χ0v) is 10.3. The first-order chi connectivity index (χ1) is 7.94. The van der Waals surface area contributed by atoms with E-state index in [1.807, 2.05) is 6.07 Å². The summed E-state index contributed by atoms with van der Waals surface area (Å²) in [5.74, 6) is 1.55. The molecule has 2 aromatic heterocycles. The molecule has 2 aromatic rings. The fourth-order valence-electron chi connectivity index (χ4n) is 1.47. The number of anilines is 1. The van der Waals surface area contributed by atoms with Crippen LogP contribution in [0.1, 0.15) is 26.6 Å². The van der Waals surface area contributed by atoms with Crippen molar-refractivity contribution in [3.05, 3.63) is 24.0 Å². The van der Waals surface area contributed by atoms with Crippen LogP contribution in [0.5, 0.6) is 0 Å². The molecule has 0 bridgehead atoms. The second kappa shape index (κ2) is 4.16. The number of rotatable bonds is 2. The summed E-state index contributed by atoms with van der Waals surface area (Å²) >= 11 is 0. The van der Waals surface area contributed by atoms with Crippen molar-refractivity contribution in [3.63, 3.8) is 0 Å². The molecule has 0 saturated heterocycles. The van der Waals surface area contributed by atoms with E-state index in [0.29, 0.717) is 23.2 Å². The number of hydrogen-bond donors (Lipinski definition) is 1. The molecule has 0 spiro atoms. The van der Waals surface area contributed by atoms with E-state index in [4.69, 9.17) is 10.3 Å². The third-order valence-electron chi connectivity index (χ3n) is 2.15. The van der Waals surface area contributed by atoms with Crippen LogP contribution in [0.15, 0.2) is 22.7 Å². The van der Waals surface area contributed by atoms with Crippen molar-refractivity contribution >= 4 is 5.82 Å². The van der Waals surface area contributed by atoms with E-state index >= 15 is 0 Å². The van der Waals surface area contributed by atoms with Crippen LogP contribution in [0.3, 0.4) is 0 Å². The number of nitrogens with two attached hydrogens (primary N) is 1. The van der Waals surface area contributed by atoms with Crippen LogP contribution >= 0.6 is 0 Å². The van der Waals surface area contributed by atoms with Crippen LogP contribution in [0.2, 0.25) is 0 Å². The highest BCUT2D eigenvalue weighted by atomic mass is 16.5. The molecule has 2 N–H and O–H groups in total. The highest BCUT2D eigenvalue weighted by molar-refractivity contribution is 5.49. The van der Waals surface area contributed by atoms with Crippen molar-refractivity contribution < 1.29 is 4.52 Å². The Bertz CT molecular complexity index is 513. The number of aromatic nitrogens is 3. The lowest BCUT2D eigenvalue weighted by molar-refractivity contribution is 0.374. The molecule has 2 heterocycles. The Morgan fingerprint density at radius 2 is 2.00 bits per heavy atom. The second-order valence-corrected chi connectivity index (χ2v) is 5.20. The molecule has 0 aliphatic carbocycles. The van der Waals surface area contributed by atoms with Gasteiger partial charge >= 0.3 is 0 Å². The topological polar surface area (TPSA) is 77.8 Å². The second-order valence-electron chi connectivity index (χ2n) is 5.20. The van der Waals surface area contributed by atoms with E-state index in [1.165, 1.54) is 0 Å². The smallest absolute Gasteiger partial charge is 0.276 e. The zero-order valence-electron chi connectivity index (χ0n) is 10.3. The molecule has 5 nitrogen and oxygen atoms in total. The summed E-state index contributed by atoms with van der Waals surface area (Å²) in [6.07, 6.45) is 0.763. The summed E-state index contributed by atoms with van der Waals surface area (Å²) in [7, 11) is 0. The number of hydrogen-bond acceptors (Lipinski definition) is 5. The third kappa shape index (κ3) is 3.03. The fraction of sp³-hybridized carbons (Fsp3) is 0.417. The van der Waals surface area contributed by atoms with Gasteiger partial charge in [0.1, 0.15) is 11.5 Å². The summed E-state index contributed by atoms with van der Waals surface area (Å²) in [5.41, 5.74) is 6.34. The van der Waals surface area contributed by atoms with Crippen molar-refractivity contribution in [3.8, 4) is 11.6 Å². The molecule has 90 valence electrons. The Balaban J connectivity index is 2.24. The van der Waals surface area contributed by atoms with Crippen LogP contribution in [0.4, 0.5) is 5.82 Å². The van der Waals surface area contributed by atoms with Crippen LogP contribution in [-0.4, -0.2) is 15.1 Å². The lowest BCUT2D eigenvalue weighted by Crippen LogP contribution is -2.10. The minimum absolute atomic E-state index is 0.129. The Labute approximate surface area is 100 Å². The Hall–Kier alpha value is -1.91. The van der Waals surface area contributed by atoms with Crippen molar-refractivity contribution in [1.82, 2.24) is 15.1 Å². The minimum Gasteiger partial charge on any atom is -0.384 e. The Kier molecular flexibility index (Phi) is 2.83. The molecule has 2 rings (SSSR count). The monoisotopic (exact) mass is 232 g/mol. The molecule has 5 heteroatoms. The normalized spacial score (nSPS) is 11.7. The molecule has 0 unspecified atom stereocenters. The van der Waals surface area contributed by atoms with Gasteiger partial charge in [0.2, 0.25) is 0 Å². The predicted molar refractivity (Wildman–Crippen MR) is 65.1 cm³/mol. The van der Waals surface area contributed by atoms with Crippen molar-refractivity contribution in [1.29, 1.82) is 0 Å². The quantitative estimate of drug-likeness (QED) is 0.859. The van der Waals surface area contributed by atoms with Gasteiger partial charge in [0.05, 0.1) is 0 Å². The molecule has 0 fully saturated rings. The maximum Gasteiger partial charge on any atom is 0.276 e. The molecular weight excluding hydrogens is 216 g/mol. The lowest BCUT2D eigenvalue weighted by atomic mass is 9.92. The number of nitrogen functional groups attached to an aromatic ring is 1. The molecule has 0 amide bonds. The summed E-state index contributed by atoms with van der Waals surface area (Å²) in [4.78, 5) is 8.45. The predicted octanol–water partition coefficient (Wildman–Crippen LogP) is 2.30. The molecule has 0 atom stereocenters. The van der Waals surface area contributed by atoms with Crippen molar-refractivity contribution in [2.24, 2.45) is 5.41 Å². The van der Waals surface area contributed by atoms with E-state index in [9.17, 15) is 0 Å². The SMILES string of the molecule is CC(C)(C)Cc1noc(-c2cccc(N)n2)n1.